The van der Waals surface area contributed by atoms with Crippen LogP contribution < -0.4 is 16.0 Å². The molecule has 5 heteroatoms. The van der Waals surface area contributed by atoms with Crippen LogP contribution in [0.3, 0.4) is 0 Å². The Morgan fingerprint density at radius 3 is 2.68 bits per heavy atom. The number of nitrogen functional groups attached to an aromatic ring is 1. The van der Waals surface area contributed by atoms with E-state index in [1.54, 1.807) is 12.3 Å². The predicted molar refractivity (Wildman–Crippen MR) is 75.2 cm³/mol. The number of hydrogen-bond donors (Lipinski definition) is 2. The number of aryl methyl sites for hydroxylation is 1. The molecule has 0 aliphatic rings. The molecule has 2 aromatic rings. The average molecular weight is 258 g/mol. The van der Waals surface area contributed by atoms with Crippen LogP contribution in [0, 0.1) is 6.92 Å². The van der Waals surface area contributed by atoms with Crippen LogP contribution in [0.2, 0.25) is 0 Å². The Hall–Kier alpha value is -2.14. The van der Waals surface area contributed by atoms with Crippen LogP contribution in [0.15, 0.2) is 30.5 Å². The number of nitrogens with two attached hydrogens (primary N) is 1. The van der Waals surface area contributed by atoms with Crippen LogP contribution in [-0.4, -0.2) is 9.97 Å². The lowest BCUT2D eigenvalue weighted by Gasteiger charge is -2.12. The van der Waals surface area contributed by atoms with Crippen molar-refractivity contribution in [3.05, 3.63) is 41.6 Å². The normalized spacial score (nSPS) is 10.6. The van der Waals surface area contributed by atoms with Crippen molar-refractivity contribution in [2.45, 2.75) is 26.7 Å². The average Bonchev–Trinajstić information content (AvgIpc) is 2.38. The maximum absolute atomic E-state index is 5.69. The third-order valence-corrected chi connectivity index (χ3v) is 2.84. The minimum absolute atomic E-state index is 0.327. The Morgan fingerprint density at radius 2 is 2.05 bits per heavy atom. The van der Waals surface area contributed by atoms with Crippen molar-refractivity contribution in [3.63, 3.8) is 0 Å². The van der Waals surface area contributed by atoms with Crippen LogP contribution in [0.4, 0.5) is 5.95 Å². The molecule has 0 bridgehead atoms. The summed E-state index contributed by atoms with van der Waals surface area (Å²) in [7, 11) is 0. The maximum Gasteiger partial charge on any atom is 0.240 e. The number of nitrogens with zero attached hydrogens (tertiary/aromatic N) is 2. The maximum atomic E-state index is 5.69. The SMILES string of the molecule is Cc1cc(Oc2ccnc(NN)n2)ccc1C(C)C. The van der Waals surface area contributed by atoms with E-state index in [1.165, 1.54) is 11.1 Å². The van der Waals surface area contributed by atoms with Gasteiger partial charge in [0, 0.05) is 12.3 Å². The lowest BCUT2D eigenvalue weighted by molar-refractivity contribution is 0.461. The minimum atomic E-state index is 0.327. The highest BCUT2D eigenvalue weighted by Gasteiger charge is 2.06. The molecule has 1 aromatic heterocycles. The fraction of sp³-hybridized carbons (Fsp3) is 0.286. The first-order valence-corrected chi connectivity index (χ1v) is 6.18. The van der Waals surface area contributed by atoms with Crippen LogP contribution in [0.25, 0.3) is 0 Å². The van der Waals surface area contributed by atoms with Gasteiger partial charge >= 0.3 is 0 Å². The second kappa shape index (κ2) is 5.67. The van der Waals surface area contributed by atoms with Gasteiger partial charge in [-0.3, -0.25) is 5.43 Å². The lowest BCUT2D eigenvalue weighted by atomic mass is 9.98. The van der Waals surface area contributed by atoms with Crippen molar-refractivity contribution >= 4 is 5.95 Å². The van der Waals surface area contributed by atoms with Crippen molar-refractivity contribution in [3.8, 4) is 11.6 Å². The van der Waals surface area contributed by atoms with Gasteiger partial charge in [-0.2, -0.15) is 4.98 Å². The van der Waals surface area contributed by atoms with Gasteiger partial charge in [-0.05, 0) is 36.1 Å². The van der Waals surface area contributed by atoms with E-state index in [1.807, 2.05) is 12.1 Å². The van der Waals surface area contributed by atoms with E-state index >= 15 is 0 Å². The van der Waals surface area contributed by atoms with Gasteiger partial charge in [0.25, 0.3) is 0 Å². The Morgan fingerprint density at radius 1 is 1.26 bits per heavy atom. The van der Waals surface area contributed by atoms with E-state index in [0.717, 1.165) is 5.75 Å². The van der Waals surface area contributed by atoms with E-state index < -0.39 is 0 Å². The summed E-state index contributed by atoms with van der Waals surface area (Å²) in [5, 5.41) is 0. The predicted octanol–water partition coefficient (Wildman–Crippen LogP) is 2.99. The zero-order valence-corrected chi connectivity index (χ0v) is 11.3. The molecular weight excluding hydrogens is 240 g/mol. The number of anilines is 1. The first-order valence-electron chi connectivity index (χ1n) is 6.18. The van der Waals surface area contributed by atoms with E-state index in [9.17, 15) is 0 Å². The molecule has 100 valence electrons. The molecule has 0 aliphatic carbocycles. The molecule has 0 aliphatic heterocycles. The van der Waals surface area contributed by atoms with Gasteiger partial charge in [0.2, 0.25) is 11.8 Å². The Labute approximate surface area is 112 Å². The van der Waals surface area contributed by atoms with Crippen molar-refractivity contribution in [1.82, 2.24) is 9.97 Å². The first kappa shape index (κ1) is 13.3. The highest BCUT2D eigenvalue weighted by atomic mass is 16.5. The summed E-state index contributed by atoms with van der Waals surface area (Å²) in [6.07, 6.45) is 1.59. The fourth-order valence-electron chi connectivity index (χ4n) is 1.95. The molecule has 0 radical (unpaired) electrons. The molecule has 2 rings (SSSR count). The van der Waals surface area contributed by atoms with Gasteiger partial charge in [-0.15, -0.1) is 0 Å². The molecule has 0 amide bonds. The molecule has 0 saturated heterocycles. The van der Waals surface area contributed by atoms with E-state index in [4.69, 9.17) is 10.6 Å². The minimum Gasteiger partial charge on any atom is -0.439 e. The fourth-order valence-corrected chi connectivity index (χ4v) is 1.95. The summed E-state index contributed by atoms with van der Waals surface area (Å²) in [6.45, 7) is 6.42. The van der Waals surface area contributed by atoms with Gasteiger partial charge in [0.1, 0.15) is 5.75 Å². The van der Waals surface area contributed by atoms with Crippen molar-refractivity contribution < 1.29 is 4.74 Å². The van der Waals surface area contributed by atoms with Crippen LogP contribution in [0.1, 0.15) is 30.9 Å². The topological polar surface area (TPSA) is 73.1 Å². The molecule has 19 heavy (non-hydrogen) atoms. The second-order valence-electron chi connectivity index (χ2n) is 4.64. The number of aromatic nitrogens is 2. The van der Waals surface area contributed by atoms with Crippen LogP contribution in [-0.2, 0) is 0 Å². The number of hydrazine groups is 1. The Balaban J connectivity index is 2.21. The summed E-state index contributed by atoms with van der Waals surface area (Å²) < 4.78 is 5.69. The summed E-state index contributed by atoms with van der Waals surface area (Å²) in [5.74, 6) is 7.30. The second-order valence-corrected chi connectivity index (χ2v) is 4.64. The zero-order chi connectivity index (χ0) is 13.8. The van der Waals surface area contributed by atoms with E-state index in [2.05, 4.69) is 42.2 Å². The van der Waals surface area contributed by atoms with Gasteiger partial charge < -0.3 is 4.74 Å². The standard InChI is InChI=1S/C14H18N4O/c1-9(2)12-5-4-11(8-10(12)3)19-13-6-7-16-14(17-13)18-15/h4-9H,15H2,1-3H3,(H,16,17,18). The Kier molecular flexibility index (Phi) is 3.97. The summed E-state index contributed by atoms with van der Waals surface area (Å²) >= 11 is 0. The lowest BCUT2D eigenvalue weighted by Crippen LogP contribution is -2.10. The summed E-state index contributed by atoms with van der Waals surface area (Å²) in [4.78, 5) is 8.03. The molecule has 0 unspecified atom stereocenters. The smallest absolute Gasteiger partial charge is 0.240 e. The molecule has 1 aromatic carbocycles. The van der Waals surface area contributed by atoms with Crippen molar-refractivity contribution in [2.75, 3.05) is 5.43 Å². The third kappa shape index (κ3) is 3.20. The van der Waals surface area contributed by atoms with Crippen molar-refractivity contribution in [1.29, 1.82) is 0 Å². The molecule has 1 heterocycles. The van der Waals surface area contributed by atoms with Gasteiger partial charge in [0.05, 0.1) is 0 Å². The Bertz CT molecular complexity index is 569. The first-order chi connectivity index (χ1) is 9.10. The zero-order valence-electron chi connectivity index (χ0n) is 11.3. The number of benzene rings is 1. The summed E-state index contributed by atoms with van der Waals surface area (Å²) in [5.41, 5.74) is 4.91. The summed E-state index contributed by atoms with van der Waals surface area (Å²) in [6, 6.07) is 7.72. The molecule has 0 spiro atoms. The van der Waals surface area contributed by atoms with Gasteiger partial charge in [-0.1, -0.05) is 19.9 Å². The van der Waals surface area contributed by atoms with Crippen LogP contribution in [0.5, 0.6) is 11.6 Å². The molecule has 3 N–H and O–H groups in total. The van der Waals surface area contributed by atoms with Crippen molar-refractivity contribution in [2.24, 2.45) is 5.84 Å². The number of rotatable bonds is 4. The third-order valence-electron chi connectivity index (χ3n) is 2.84. The largest absolute Gasteiger partial charge is 0.439 e. The van der Waals surface area contributed by atoms with E-state index in [0.29, 0.717) is 17.7 Å². The van der Waals surface area contributed by atoms with Gasteiger partial charge in [-0.25, -0.2) is 10.8 Å². The highest BCUT2D eigenvalue weighted by molar-refractivity contribution is 5.38. The number of hydrogen-bond acceptors (Lipinski definition) is 5. The molecule has 0 atom stereocenters. The monoisotopic (exact) mass is 258 g/mol. The van der Waals surface area contributed by atoms with E-state index in [-0.39, 0.29) is 0 Å². The quantitative estimate of drug-likeness (QED) is 0.651. The van der Waals surface area contributed by atoms with Crippen LogP contribution >= 0.6 is 0 Å². The number of ether oxygens (including phenoxy) is 1. The highest BCUT2D eigenvalue weighted by Crippen LogP contribution is 2.26. The molecule has 5 nitrogen and oxygen atoms in total. The molecular formula is C14H18N4O. The van der Waals surface area contributed by atoms with Gasteiger partial charge in [0.15, 0.2) is 0 Å². The number of nitrogens with one attached hydrogen (secondary N) is 1. The molecule has 0 fully saturated rings. The molecule has 0 saturated carbocycles.